The summed E-state index contributed by atoms with van der Waals surface area (Å²) in [6.07, 6.45) is -8.70. The summed E-state index contributed by atoms with van der Waals surface area (Å²) in [7, 11) is -9.23. The molecule has 11 atom stereocenters. The predicted molar refractivity (Wildman–Crippen MR) is 260 cm³/mol. The van der Waals surface area contributed by atoms with E-state index >= 15 is 9.59 Å². The average Bonchev–Trinajstić information content (AvgIpc) is 3.23. The van der Waals surface area contributed by atoms with Crippen LogP contribution in [0.2, 0.25) is 45.8 Å². The Morgan fingerprint density at radius 2 is 1.48 bits per heavy atom. The Balaban J connectivity index is 1.47. The molecule has 5 aliphatic rings. The molecule has 0 aromatic heterocycles. The molecule has 1 amide bonds. The molecule has 0 unspecified atom stereocenters. The number of benzene rings is 2. The van der Waals surface area contributed by atoms with E-state index in [0.29, 0.717) is 16.7 Å². The van der Waals surface area contributed by atoms with Crippen molar-refractivity contribution < 1.29 is 70.2 Å². The Kier molecular flexibility index (Phi) is 13.9. The molecule has 2 aromatic carbocycles. The van der Waals surface area contributed by atoms with Gasteiger partial charge in [-0.15, -0.1) is 0 Å². The first-order valence-electron chi connectivity index (χ1n) is 23.8. The van der Waals surface area contributed by atoms with E-state index in [-0.39, 0.29) is 25.0 Å². The van der Waals surface area contributed by atoms with Crippen LogP contribution in [0.3, 0.4) is 0 Å². The molecule has 378 valence electrons. The summed E-state index contributed by atoms with van der Waals surface area (Å²) in [4.78, 5) is 73.3. The van der Waals surface area contributed by atoms with E-state index < -0.39 is 131 Å². The lowest BCUT2D eigenvalue weighted by Crippen LogP contribution is -2.82. The van der Waals surface area contributed by atoms with Gasteiger partial charge >= 0.3 is 41.1 Å². The van der Waals surface area contributed by atoms with Gasteiger partial charge in [0, 0.05) is 25.2 Å². The van der Waals surface area contributed by atoms with Crippen LogP contribution in [0.15, 0.2) is 71.8 Å². The smallest absolute Gasteiger partial charge is 0.408 e. The molecular formula is C50H71NO15Si3. The van der Waals surface area contributed by atoms with Gasteiger partial charge in [-0.2, -0.15) is 0 Å². The molecule has 4 fully saturated rings. The number of nitrogens with one attached hydrogen (secondary N) is 1. The molecule has 2 saturated heterocycles. The van der Waals surface area contributed by atoms with Gasteiger partial charge in [0.1, 0.15) is 35.6 Å². The molecule has 2 saturated carbocycles. The van der Waals surface area contributed by atoms with Crippen LogP contribution < -0.4 is 5.32 Å². The number of Topliss-reactive ketones (excluding diaryl/α,β-unsaturated/α-hetero) is 1. The van der Waals surface area contributed by atoms with Crippen LogP contribution in [0.4, 0.5) is 4.79 Å². The van der Waals surface area contributed by atoms with Gasteiger partial charge in [0.15, 0.2) is 25.8 Å². The Morgan fingerprint density at radius 3 is 2.03 bits per heavy atom. The van der Waals surface area contributed by atoms with Crippen LogP contribution in [0.1, 0.15) is 90.2 Å². The van der Waals surface area contributed by atoms with Gasteiger partial charge in [0.05, 0.1) is 35.6 Å². The summed E-state index contributed by atoms with van der Waals surface area (Å²) in [5, 5.41) is 17.1. The summed E-state index contributed by atoms with van der Waals surface area (Å²) in [5.74, 6) is -4.15. The lowest BCUT2D eigenvalue weighted by molar-refractivity contribution is -0.344. The van der Waals surface area contributed by atoms with Crippen molar-refractivity contribution in [2.24, 2.45) is 16.7 Å². The number of aliphatic hydroxyl groups is 1. The van der Waals surface area contributed by atoms with Crippen LogP contribution >= 0.6 is 0 Å². The van der Waals surface area contributed by atoms with E-state index in [4.69, 9.17) is 41.1 Å². The molecule has 2 heterocycles. The first-order valence-corrected chi connectivity index (χ1v) is 32.8. The zero-order chi connectivity index (χ0) is 51.1. The number of ether oxygens (including phenoxy) is 5. The molecule has 3 aliphatic carbocycles. The number of carbonyl (C=O) groups is 5. The maximum absolute atomic E-state index is 16.4. The maximum Gasteiger partial charge on any atom is 0.408 e. The maximum atomic E-state index is 16.4. The highest BCUT2D eigenvalue weighted by Gasteiger charge is 2.79. The van der Waals surface area contributed by atoms with Crippen LogP contribution in [0.5, 0.6) is 0 Å². The Labute approximate surface area is 409 Å². The number of fused-ring (bicyclic) bond motifs is 6. The van der Waals surface area contributed by atoms with Crippen molar-refractivity contribution in [3.8, 4) is 0 Å². The third-order valence-corrected chi connectivity index (χ3v) is 20.8. The molecule has 7 rings (SSSR count). The zero-order valence-electron chi connectivity index (χ0n) is 42.7. The minimum Gasteiger partial charge on any atom is -0.456 e. The molecule has 0 spiro atoms. The lowest BCUT2D eigenvalue weighted by atomic mass is 9.44. The predicted octanol–water partition coefficient (Wildman–Crippen LogP) is 7.60. The van der Waals surface area contributed by atoms with Crippen molar-refractivity contribution in [2.75, 3.05) is 6.61 Å². The van der Waals surface area contributed by atoms with Gasteiger partial charge in [-0.1, -0.05) is 62.4 Å². The van der Waals surface area contributed by atoms with E-state index in [1.54, 1.807) is 109 Å². The number of ketones is 1. The topological polar surface area (TPSA) is 201 Å². The molecule has 2 N–H and O–H groups in total. The Bertz CT molecular complexity index is 2360. The monoisotopic (exact) mass is 1010 g/mol. The standard InChI is InChI=1S/C50H71NO15Si3/c1-29-33(59-44(55)39(64-67(9,10)11)37(31-22-18-16-19-23-31)51-45(56)62-46(3,4)5)27-50(57)42(60-43(54)32-24-20-17-21-25-32)40-48(8)34(26-35-49(40,28-58-35)61-30(2)52)63-68(12,13)66-69(14,15)65-38(41(48)53)36(29)47(50,6)7/h16-25,33-35,37-40,42,57H,26-28H2,1-15H3,(H,51,56)/t33-,34-,35+,37-,38+,39+,40-,42-,48+,49-,50+/m0/s1. The first kappa shape index (κ1) is 52.8. The van der Waals surface area contributed by atoms with Gasteiger partial charge < -0.3 is 51.5 Å². The fourth-order valence-electron chi connectivity index (χ4n) is 11.5. The highest BCUT2D eigenvalue weighted by molar-refractivity contribution is 6.79. The number of esters is 3. The van der Waals surface area contributed by atoms with Crippen molar-refractivity contribution in [1.82, 2.24) is 5.32 Å². The summed E-state index contributed by atoms with van der Waals surface area (Å²) >= 11 is 0. The number of alkyl carbamates (subject to hydrolysis) is 1. The Morgan fingerprint density at radius 1 is 0.884 bits per heavy atom. The molecular weight excluding hydrogens is 939 g/mol. The van der Waals surface area contributed by atoms with E-state index in [1.807, 2.05) is 45.8 Å². The van der Waals surface area contributed by atoms with Gasteiger partial charge in [-0.05, 0) is 109 Å². The van der Waals surface area contributed by atoms with E-state index in [2.05, 4.69) is 5.32 Å². The summed E-state index contributed by atoms with van der Waals surface area (Å²) in [6.45, 7) is 26.4. The minimum absolute atomic E-state index is 0.109. The van der Waals surface area contributed by atoms with Crippen LogP contribution in [-0.4, -0.2) is 120 Å². The second kappa shape index (κ2) is 18.2. The van der Waals surface area contributed by atoms with Gasteiger partial charge in [-0.3, -0.25) is 9.59 Å². The third kappa shape index (κ3) is 9.96. The van der Waals surface area contributed by atoms with Crippen LogP contribution in [0.25, 0.3) is 0 Å². The summed E-state index contributed by atoms with van der Waals surface area (Å²) in [5.41, 5.74) is -6.49. The molecule has 69 heavy (non-hydrogen) atoms. The van der Waals surface area contributed by atoms with Crippen LogP contribution in [-0.2, 0) is 55.5 Å². The quantitative estimate of drug-likeness (QED) is 0.102. The van der Waals surface area contributed by atoms with Crippen molar-refractivity contribution in [2.45, 2.75) is 174 Å². The van der Waals surface area contributed by atoms with Gasteiger partial charge in [-0.25, -0.2) is 14.4 Å². The van der Waals surface area contributed by atoms with Crippen molar-refractivity contribution in [3.05, 3.63) is 82.9 Å². The summed E-state index contributed by atoms with van der Waals surface area (Å²) < 4.78 is 59.3. The highest BCUT2D eigenvalue weighted by atomic mass is 28.5. The molecule has 2 aromatic rings. The average molecular weight is 1010 g/mol. The molecule has 0 radical (unpaired) electrons. The largest absolute Gasteiger partial charge is 0.456 e. The zero-order valence-corrected chi connectivity index (χ0v) is 45.7. The molecule has 4 bridgehead atoms. The molecule has 19 heteroatoms. The van der Waals surface area contributed by atoms with Gasteiger partial charge in [0.25, 0.3) is 0 Å². The van der Waals surface area contributed by atoms with Crippen molar-refractivity contribution in [1.29, 1.82) is 0 Å². The fraction of sp³-hybridized carbons (Fsp3) is 0.620. The molecule has 2 aliphatic heterocycles. The van der Waals surface area contributed by atoms with E-state index in [0.717, 1.165) is 0 Å². The van der Waals surface area contributed by atoms with Crippen molar-refractivity contribution >= 4 is 55.2 Å². The SMILES string of the molecule is CC(=O)O[C@@]12CO[C@@H]1C[C@@H]1O[Si](C)(C)O[Si](C)(C)O[C@H]3C(=O)[C@@]1(C)[C@@H]2[C@H](OC(=O)c1ccccc1)[C@]1(O)C[C@H](OC(=O)[C@H](O[Si](C)(C)C)[C@@H](NC(=O)OC(C)(C)C)c2ccccc2)C(C)=C3C1(C)C. The molecule has 16 nitrogen and oxygen atoms in total. The highest BCUT2D eigenvalue weighted by Crippen LogP contribution is 2.65. The number of rotatable bonds is 10. The number of amides is 1. The third-order valence-electron chi connectivity index (χ3n) is 14.3. The van der Waals surface area contributed by atoms with Crippen LogP contribution in [0, 0.1) is 16.7 Å². The number of carbonyl (C=O) groups excluding carboxylic acids is 5. The lowest BCUT2D eigenvalue weighted by Gasteiger charge is -2.68. The van der Waals surface area contributed by atoms with E-state index in [9.17, 15) is 19.5 Å². The number of hydrogen-bond acceptors (Lipinski definition) is 15. The van der Waals surface area contributed by atoms with Gasteiger partial charge in [0.2, 0.25) is 0 Å². The Hall–Kier alpha value is -4.06. The summed E-state index contributed by atoms with van der Waals surface area (Å²) in [6, 6.07) is 16.0. The second-order valence-electron chi connectivity index (χ2n) is 22.9. The van der Waals surface area contributed by atoms with Crippen molar-refractivity contribution in [3.63, 3.8) is 0 Å². The second-order valence-corrected chi connectivity index (χ2v) is 34.2. The fourth-order valence-corrected chi connectivity index (χ4v) is 19.5. The minimum atomic E-state index is -3.36. The normalized spacial score (nSPS) is 33.2. The number of hydrogen-bond donors (Lipinski definition) is 2. The van der Waals surface area contributed by atoms with E-state index in [1.165, 1.54) is 6.92 Å². The first-order chi connectivity index (χ1) is 31.8.